The first-order valence-corrected chi connectivity index (χ1v) is 4.81. The van der Waals surface area contributed by atoms with Crippen LogP contribution in [0.2, 0.25) is 0 Å². The van der Waals surface area contributed by atoms with E-state index in [9.17, 15) is 4.79 Å². The summed E-state index contributed by atoms with van der Waals surface area (Å²) in [4.78, 5) is 23.9. The van der Waals surface area contributed by atoms with Crippen molar-refractivity contribution in [2.75, 3.05) is 13.2 Å². The molecule has 0 fully saturated rings. The molecule has 0 saturated carbocycles. The first-order chi connectivity index (χ1) is 7.31. The van der Waals surface area contributed by atoms with Crippen molar-refractivity contribution in [3.63, 3.8) is 0 Å². The molecule has 0 N–H and O–H groups in total. The molecule has 0 spiro atoms. The fourth-order valence-corrected chi connectivity index (χ4v) is 1.35. The van der Waals surface area contributed by atoms with Gasteiger partial charge >= 0.3 is 5.97 Å². The predicted molar refractivity (Wildman–Crippen MR) is 51.8 cm³/mol. The van der Waals surface area contributed by atoms with E-state index in [4.69, 9.17) is 4.74 Å². The predicted octanol–water partition coefficient (Wildman–Crippen LogP) is -0.734. The highest BCUT2D eigenvalue weighted by atomic mass is 16.5. The van der Waals surface area contributed by atoms with Gasteiger partial charge < -0.3 is 4.74 Å². The Morgan fingerprint density at radius 2 is 2.53 bits per heavy atom. The van der Waals surface area contributed by atoms with Gasteiger partial charge in [-0.1, -0.05) is 0 Å². The molecule has 0 saturated heterocycles. The highest BCUT2D eigenvalue weighted by molar-refractivity contribution is 5.76. The average Bonchev–Trinajstić information content (AvgIpc) is 2.29. The van der Waals surface area contributed by atoms with Gasteiger partial charge in [0.15, 0.2) is 11.5 Å². The van der Waals surface area contributed by atoms with Gasteiger partial charge in [-0.15, -0.1) is 0 Å². The van der Waals surface area contributed by atoms with Gasteiger partial charge in [0.05, 0.1) is 13.2 Å². The Morgan fingerprint density at radius 1 is 1.67 bits per heavy atom. The van der Waals surface area contributed by atoms with E-state index in [1.54, 1.807) is 19.2 Å². The third kappa shape index (κ3) is 2.01. The van der Waals surface area contributed by atoms with Crippen LogP contribution in [0.3, 0.4) is 0 Å². The van der Waals surface area contributed by atoms with Crippen LogP contribution in [-0.4, -0.2) is 30.1 Å². The lowest BCUT2D eigenvalue weighted by molar-refractivity contribution is -0.144. The van der Waals surface area contributed by atoms with Crippen molar-refractivity contribution in [1.82, 2.24) is 4.98 Å². The van der Waals surface area contributed by atoms with Crippen molar-refractivity contribution < 1.29 is 9.53 Å². The van der Waals surface area contributed by atoms with Gasteiger partial charge in [0.2, 0.25) is 0 Å². The molecule has 1 unspecified atom stereocenters. The maximum absolute atomic E-state index is 11.4. The number of ether oxygens (including phenoxy) is 1. The number of esters is 1. The first kappa shape index (κ1) is 9.76. The third-order valence-corrected chi connectivity index (χ3v) is 2.04. The second kappa shape index (κ2) is 4.16. The van der Waals surface area contributed by atoms with Crippen LogP contribution in [0.5, 0.6) is 0 Å². The Balaban J connectivity index is 2.30. The van der Waals surface area contributed by atoms with Gasteiger partial charge in [-0.3, -0.25) is 4.99 Å². The highest BCUT2D eigenvalue weighted by Gasteiger charge is 2.20. The lowest BCUT2D eigenvalue weighted by Gasteiger charge is -2.10. The van der Waals surface area contributed by atoms with E-state index in [0.29, 0.717) is 18.6 Å². The van der Waals surface area contributed by atoms with Crippen molar-refractivity contribution in [1.29, 1.82) is 0 Å². The maximum Gasteiger partial charge on any atom is 0.332 e. The standard InChI is InChI=1S/C10H11N3O2/c1-2-15-10(14)8-6-12-7-4-3-5-11-9(7)13-8/h3-5,8H,2,6H2,1H3. The minimum Gasteiger partial charge on any atom is -0.464 e. The summed E-state index contributed by atoms with van der Waals surface area (Å²) >= 11 is 0. The molecule has 5 heteroatoms. The molecule has 78 valence electrons. The van der Waals surface area contributed by atoms with Crippen LogP contribution < -0.4 is 10.8 Å². The van der Waals surface area contributed by atoms with Crippen LogP contribution in [0.1, 0.15) is 6.92 Å². The van der Waals surface area contributed by atoms with Crippen molar-refractivity contribution in [3.05, 3.63) is 29.2 Å². The topological polar surface area (TPSA) is 63.9 Å². The van der Waals surface area contributed by atoms with Crippen molar-refractivity contribution >= 4 is 5.97 Å². The summed E-state index contributed by atoms with van der Waals surface area (Å²) in [5, 5.41) is 0.734. The molecule has 1 aromatic rings. The molecule has 2 heterocycles. The van der Waals surface area contributed by atoms with Gasteiger partial charge in [0.1, 0.15) is 5.36 Å². The SMILES string of the molecule is CCOC(=O)C1CN=c2cccnc2=N1. The number of aromatic nitrogens is 1. The number of hydrogen-bond acceptors (Lipinski definition) is 5. The van der Waals surface area contributed by atoms with Gasteiger partial charge in [0.25, 0.3) is 0 Å². The summed E-state index contributed by atoms with van der Waals surface area (Å²) in [6, 6.07) is 3.09. The minimum atomic E-state index is -0.535. The molecule has 0 bridgehead atoms. The van der Waals surface area contributed by atoms with Crippen molar-refractivity contribution in [2.24, 2.45) is 9.98 Å². The minimum absolute atomic E-state index is 0.336. The van der Waals surface area contributed by atoms with Crippen LogP contribution in [0.4, 0.5) is 0 Å². The number of nitrogens with zero attached hydrogens (tertiary/aromatic N) is 3. The zero-order chi connectivity index (χ0) is 10.7. The second-order valence-electron chi connectivity index (χ2n) is 3.08. The molecule has 0 radical (unpaired) electrons. The van der Waals surface area contributed by atoms with Crippen molar-refractivity contribution in [3.8, 4) is 0 Å². The van der Waals surface area contributed by atoms with Crippen LogP contribution in [0, 0.1) is 0 Å². The van der Waals surface area contributed by atoms with Crippen molar-refractivity contribution in [2.45, 2.75) is 13.0 Å². The summed E-state index contributed by atoms with van der Waals surface area (Å²) in [6.45, 7) is 2.47. The monoisotopic (exact) mass is 205 g/mol. The molecule has 0 aromatic carbocycles. The number of pyridine rings is 1. The lowest BCUT2D eigenvalue weighted by Crippen LogP contribution is -2.39. The summed E-state index contributed by atoms with van der Waals surface area (Å²) in [6.07, 6.45) is 1.63. The first-order valence-electron chi connectivity index (χ1n) is 4.81. The molecule has 0 aliphatic carbocycles. The highest BCUT2D eigenvalue weighted by Crippen LogP contribution is 1.96. The fourth-order valence-electron chi connectivity index (χ4n) is 1.35. The summed E-state index contributed by atoms with van der Waals surface area (Å²) in [5.74, 6) is -0.336. The van der Waals surface area contributed by atoms with E-state index in [1.807, 2.05) is 6.07 Å². The zero-order valence-corrected chi connectivity index (χ0v) is 8.38. The maximum atomic E-state index is 11.4. The zero-order valence-electron chi connectivity index (χ0n) is 8.38. The Kier molecular flexibility index (Phi) is 2.71. The number of hydrogen-bond donors (Lipinski definition) is 0. The second-order valence-corrected chi connectivity index (χ2v) is 3.08. The number of fused-ring (bicyclic) bond motifs is 1. The molecule has 1 aliphatic heterocycles. The molecular weight excluding hydrogens is 194 g/mol. The molecule has 1 atom stereocenters. The van der Waals surface area contributed by atoms with Crippen LogP contribution in [0.25, 0.3) is 0 Å². The summed E-state index contributed by atoms with van der Waals surface area (Å²) < 4.78 is 4.88. The molecule has 0 amide bonds. The number of carbonyl (C=O) groups excluding carboxylic acids is 1. The van der Waals surface area contributed by atoms with Crippen LogP contribution in [0.15, 0.2) is 28.3 Å². The van der Waals surface area contributed by atoms with Gasteiger partial charge in [0, 0.05) is 6.20 Å². The summed E-state index contributed by atoms with van der Waals surface area (Å²) in [5.41, 5.74) is 0.516. The average molecular weight is 205 g/mol. The van der Waals surface area contributed by atoms with E-state index >= 15 is 0 Å². The van der Waals surface area contributed by atoms with Gasteiger partial charge in [-0.25, -0.2) is 14.8 Å². The van der Waals surface area contributed by atoms with Crippen LogP contribution >= 0.6 is 0 Å². The Hall–Kier alpha value is -1.78. The normalized spacial score (nSPS) is 18.3. The van der Waals surface area contributed by atoms with E-state index in [2.05, 4.69) is 15.0 Å². The van der Waals surface area contributed by atoms with E-state index in [-0.39, 0.29) is 5.97 Å². The largest absolute Gasteiger partial charge is 0.464 e. The van der Waals surface area contributed by atoms with E-state index in [0.717, 1.165) is 5.36 Å². The number of rotatable bonds is 2. The van der Waals surface area contributed by atoms with Gasteiger partial charge in [-0.2, -0.15) is 0 Å². The Labute approximate surface area is 86.5 Å². The quantitative estimate of drug-likeness (QED) is 0.598. The smallest absolute Gasteiger partial charge is 0.332 e. The van der Waals surface area contributed by atoms with Crippen LogP contribution in [-0.2, 0) is 9.53 Å². The molecule has 1 aliphatic rings. The Bertz CT molecular complexity index is 484. The molecular formula is C10H11N3O2. The fraction of sp³-hybridized carbons (Fsp3) is 0.400. The lowest BCUT2D eigenvalue weighted by atomic mass is 10.3. The molecule has 1 aromatic heterocycles. The molecule has 5 nitrogen and oxygen atoms in total. The molecule has 2 rings (SSSR count). The Morgan fingerprint density at radius 3 is 3.33 bits per heavy atom. The third-order valence-electron chi connectivity index (χ3n) is 2.04. The van der Waals surface area contributed by atoms with Gasteiger partial charge in [-0.05, 0) is 19.1 Å². The number of carbonyl (C=O) groups is 1. The summed E-state index contributed by atoms with van der Waals surface area (Å²) in [7, 11) is 0. The van der Waals surface area contributed by atoms with E-state index in [1.165, 1.54) is 0 Å². The molecule has 15 heavy (non-hydrogen) atoms. The van der Waals surface area contributed by atoms with E-state index < -0.39 is 6.04 Å².